The lowest BCUT2D eigenvalue weighted by atomic mass is 9.86. The van der Waals surface area contributed by atoms with E-state index < -0.39 is 0 Å². The Morgan fingerprint density at radius 2 is 1.81 bits per heavy atom. The Balaban J connectivity index is 0.00000289. The molecule has 1 N–H and O–H groups in total. The first-order valence-electron chi connectivity index (χ1n) is 11.6. The van der Waals surface area contributed by atoms with Gasteiger partial charge in [0.2, 0.25) is 5.91 Å². The van der Waals surface area contributed by atoms with Gasteiger partial charge in [0.25, 0.3) is 0 Å². The highest BCUT2D eigenvalue weighted by Gasteiger charge is 2.25. The Kier molecular flexibility index (Phi) is 7.00. The Morgan fingerprint density at radius 1 is 1.10 bits per heavy atom. The quantitative estimate of drug-likeness (QED) is 0.615. The zero-order valence-electron chi connectivity index (χ0n) is 18.7. The van der Waals surface area contributed by atoms with Crippen LogP contribution in [0.25, 0.3) is 0 Å². The topological polar surface area (TPSA) is 50.8 Å². The maximum Gasteiger partial charge on any atom is 0.227 e. The number of amides is 1. The fourth-order valence-corrected chi connectivity index (χ4v) is 4.19. The lowest BCUT2D eigenvalue weighted by Crippen LogP contribution is -2.27. The standard InChI is InChI=1S/C26H34N2O3.H2/c1-3-27-26(29)19(2)21-7-11-24(12-8-21)31-25-15-16-28(17-25)22-9-13-23(14-10-22)30-18-20-5-4-6-20;/h7-14,19-20,25H,3-6,15-18H2,1-2H3,(H,27,29);1H/t19?,25-;/m1./s1. The van der Waals surface area contributed by atoms with E-state index in [2.05, 4.69) is 34.5 Å². The number of carbonyl (C=O) groups excluding carboxylic acids is 1. The molecule has 1 saturated heterocycles. The van der Waals surface area contributed by atoms with Gasteiger partial charge in [-0.1, -0.05) is 18.6 Å². The number of hydrogen-bond acceptors (Lipinski definition) is 4. The van der Waals surface area contributed by atoms with Crippen molar-refractivity contribution in [1.82, 2.24) is 5.32 Å². The van der Waals surface area contributed by atoms with Crippen molar-refractivity contribution in [3.8, 4) is 11.5 Å². The van der Waals surface area contributed by atoms with Crippen LogP contribution in [-0.2, 0) is 4.79 Å². The third kappa shape index (κ3) is 5.52. The van der Waals surface area contributed by atoms with Gasteiger partial charge in [0, 0.05) is 26.6 Å². The van der Waals surface area contributed by atoms with E-state index in [4.69, 9.17) is 9.47 Å². The third-order valence-electron chi connectivity index (χ3n) is 6.48. The molecule has 0 spiro atoms. The molecule has 1 heterocycles. The average molecular weight is 425 g/mol. The number of anilines is 1. The van der Waals surface area contributed by atoms with E-state index in [1.807, 2.05) is 38.1 Å². The summed E-state index contributed by atoms with van der Waals surface area (Å²) >= 11 is 0. The molecular weight excluding hydrogens is 388 g/mol. The third-order valence-corrected chi connectivity index (χ3v) is 6.48. The highest BCUT2D eigenvalue weighted by molar-refractivity contribution is 5.83. The van der Waals surface area contributed by atoms with Gasteiger partial charge in [-0.25, -0.2) is 0 Å². The summed E-state index contributed by atoms with van der Waals surface area (Å²) in [6.07, 6.45) is 5.13. The fraction of sp³-hybridized carbons (Fsp3) is 0.500. The summed E-state index contributed by atoms with van der Waals surface area (Å²) in [5.41, 5.74) is 2.22. The maximum atomic E-state index is 12.0. The molecule has 168 valence electrons. The van der Waals surface area contributed by atoms with E-state index in [0.717, 1.165) is 49.1 Å². The summed E-state index contributed by atoms with van der Waals surface area (Å²) in [5.74, 6) is 2.48. The lowest BCUT2D eigenvalue weighted by Gasteiger charge is -2.25. The molecule has 2 atom stereocenters. The molecule has 2 aromatic rings. The summed E-state index contributed by atoms with van der Waals surface area (Å²) in [4.78, 5) is 14.4. The molecule has 2 aliphatic rings. The van der Waals surface area contributed by atoms with E-state index in [1.165, 1.54) is 24.9 Å². The number of ether oxygens (including phenoxy) is 2. The van der Waals surface area contributed by atoms with Crippen LogP contribution in [-0.4, -0.2) is 38.3 Å². The molecule has 1 saturated carbocycles. The van der Waals surface area contributed by atoms with Gasteiger partial charge in [-0.05, 0) is 74.6 Å². The van der Waals surface area contributed by atoms with Gasteiger partial charge in [0.15, 0.2) is 0 Å². The Bertz CT molecular complexity index is 852. The minimum absolute atomic E-state index is 0. The highest BCUT2D eigenvalue weighted by Crippen LogP contribution is 2.29. The molecule has 2 fully saturated rings. The molecule has 1 unspecified atom stereocenters. The van der Waals surface area contributed by atoms with E-state index >= 15 is 0 Å². The van der Waals surface area contributed by atoms with Crippen molar-refractivity contribution in [3.63, 3.8) is 0 Å². The van der Waals surface area contributed by atoms with Crippen LogP contribution in [0.15, 0.2) is 48.5 Å². The molecule has 31 heavy (non-hydrogen) atoms. The molecule has 1 aliphatic carbocycles. The van der Waals surface area contributed by atoms with Gasteiger partial charge in [-0.15, -0.1) is 0 Å². The first-order valence-corrected chi connectivity index (χ1v) is 11.6. The van der Waals surface area contributed by atoms with Crippen LogP contribution in [0.1, 0.15) is 52.4 Å². The van der Waals surface area contributed by atoms with Crippen molar-refractivity contribution in [2.75, 3.05) is 31.1 Å². The molecule has 0 aromatic heterocycles. The van der Waals surface area contributed by atoms with E-state index in [1.54, 1.807) is 0 Å². The largest absolute Gasteiger partial charge is 0.493 e. The van der Waals surface area contributed by atoms with Crippen LogP contribution in [0.4, 0.5) is 5.69 Å². The van der Waals surface area contributed by atoms with Crippen molar-refractivity contribution in [2.45, 2.75) is 51.6 Å². The van der Waals surface area contributed by atoms with Gasteiger partial charge in [-0.2, -0.15) is 0 Å². The summed E-state index contributed by atoms with van der Waals surface area (Å²) in [6, 6.07) is 16.4. The van der Waals surface area contributed by atoms with Gasteiger partial charge < -0.3 is 19.7 Å². The van der Waals surface area contributed by atoms with Gasteiger partial charge in [0.1, 0.15) is 17.6 Å². The predicted octanol–water partition coefficient (Wildman–Crippen LogP) is 5.01. The lowest BCUT2D eigenvalue weighted by molar-refractivity contribution is -0.122. The molecule has 0 bridgehead atoms. The number of nitrogens with zero attached hydrogens (tertiary/aromatic N) is 1. The molecule has 1 aliphatic heterocycles. The van der Waals surface area contributed by atoms with Gasteiger partial charge in [-0.3, -0.25) is 4.79 Å². The van der Waals surface area contributed by atoms with Gasteiger partial charge in [0.05, 0.1) is 19.1 Å². The predicted molar refractivity (Wildman–Crippen MR) is 126 cm³/mol. The summed E-state index contributed by atoms with van der Waals surface area (Å²) in [7, 11) is 0. The maximum absolute atomic E-state index is 12.0. The smallest absolute Gasteiger partial charge is 0.227 e. The average Bonchev–Trinajstić information content (AvgIpc) is 3.22. The second-order valence-electron chi connectivity index (χ2n) is 8.76. The monoisotopic (exact) mass is 424 g/mol. The highest BCUT2D eigenvalue weighted by atomic mass is 16.5. The summed E-state index contributed by atoms with van der Waals surface area (Å²) in [5, 5.41) is 2.87. The molecule has 5 nitrogen and oxygen atoms in total. The number of likely N-dealkylation sites (N-methyl/N-ethyl adjacent to an activating group) is 1. The van der Waals surface area contributed by atoms with Crippen LogP contribution in [0, 0.1) is 5.92 Å². The second-order valence-corrected chi connectivity index (χ2v) is 8.76. The first kappa shape index (κ1) is 21.5. The molecule has 4 rings (SSSR count). The second kappa shape index (κ2) is 10.1. The van der Waals surface area contributed by atoms with Crippen LogP contribution in [0.5, 0.6) is 11.5 Å². The number of carbonyl (C=O) groups is 1. The molecule has 1 amide bonds. The summed E-state index contributed by atoms with van der Waals surface area (Å²) < 4.78 is 12.1. The van der Waals surface area contributed by atoms with Crippen molar-refractivity contribution >= 4 is 11.6 Å². The normalized spacial score (nSPS) is 19.5. The van der Waals surface area contributed by atoms with Crippen molar-refractivity contribution in [3.05, 3.63) is 54.1 Å². The van der Waals surface area contributed by atoms with Crippen LogP contribution < -0.4 is 19.7 Å². The van der Waals surface area contributed by atoms with Gasteiger partial charge >= 0.3 is 0 Å². The molecule has 5 heteroatoms. The molecular formula is C26H36N2O3. The Hall–Kier alpha value is -2.69. The van der Waals surface area contributed by atoms with Crippen LogP contribution in [0.3, 0.4) is 0 Å². The number of benzene rings is 2. The summed E-state index contributed by atoms with van der Waals surface area (Å²) in [6.45, 7) is 7.22. The molecule has 2 aromatic carbocycles. The van der Waals surface area contributed by atoms with Crippen LogP contribution >= 0.6 is 0 Å². The van der Waals surface area contributed by atoms with E-state index in [0.29, 0.717) is 6.54 Å². The number of nitrogens with one attached hydrogen (secondary N) is 1. The van der Waals surface area contributed by atoms with Crippen LogP contribution in [0.2, 0.25) is 0 Å². The number of rotatable bonds is 9. The minimum Gasteiger partial charge on any atom is -0.493 e. The van der Waals surface area contributed by atoms with Crippen molar-refractivity contribution < 1.29 is 15.7 Å². The minimum atomic E-state index is -0.156. The first-order chi connectivity index (χ1) is 15.1. The van der Waals surface area contributed by atoms with Crippen molar-refractivity contribution in [2.24, 2.45) is 5.92 Å². The van der Waals surface area contributed by atoms with Crippen molar-refractivity contribution in [1.29, 1.82) is 0 Å². The SMILES string of the molecule is CCNC(=O)C(C)c1ccc(O[C@@H]2CCN(c3ccc(OCC4CCC4)cc3)C2)cc1.[HH]. The van der Waals surface area contributed by atoms with E-state index in [9.17, 15) is 4.79 Å². The zero-order valence-corrected chi connectivity index (χ0v) is 18.7. The molecule has 0 radical (unpaired) electrons. The zero-order chi connectivity index (χ0) is 21.6. The fourth-order valence-electron chi connectivity index (χ4n) is 4.19. The van der Waals surface area contributed by atoms with E-state index in [-0.39, 0.29) is 19.4 Å². The Morgan fingerprint density at radius 3 is 2.45 bits per heavy atom. The number of hydrogen-bond donors (Lipinski definition) is 1. The Labute approximate surface area is 187 Å².